The molecule has 92 valence electrons. The summed E-state index contributed by atoms with van der Waals surface area (Å²) in [5.74, 6) is 2.78. The summed E-state index contributed by atoms with van der Waals surface area (Å²) in [6.45, 7) is 2.92. The zero-order valence-corrected chi connectivity index (χ0v) is 11.6. The Morgan fingerprint density at radius 2 is 2.25 bits per heavy atom. The third-order valence-electron chi connectivity index (χ3n) is 4.20. The summed E-state index contributed by atoms with van der Waals surface area (Å²) in [6, 6.07) is 0. The fraction of sp³-hybridized carbons (Fsp3) is 0.923. The van der Waals surface area contributed by atoms with Gasteiger partial charge in [0, 0.05) is 17.8 Å². The average Bonchev–Trinajstić information content (AvgIpc) is 2.78. The highest BCUT2D eigenvalue weighted by molar-refractivity contribution is 9.09. The second-order valence-electron chi connectivity index (χ2n) is 5.56. The van der Waals surface area contributed by atoms with Gasteiger partial charge < -0.3 is 5.32 Å². The Morgan fingerprint density at radius 1 is 1.44 bits per heavy atom. The van der Waals surface area contributed by atoms with Crippen LogP contribution in [0.25, 0.3) is 0 Å². The molecule has 0 aromatic carbocycles. The Bertz CT molecular complexity index is 254. The smallest absolute Gasteiger partial charge is 0.220 e. The summed E-state index contributed by atoms with van der Waals surface area (Å²) < 4.78 is 0. The minimum absolute atomic E-state index is 0.269. The van der Waals surface area contributed by atoms with Gasteiger partial charge in [-0.2, -0.15) is 0 Å². The minimum Gasteiger partial charge on any atom is -0.356 e. The molecule has 16 heavy (non-hydrogen) atoms. The third-order valence-corrected chi connectivity index (χ3v) is 4.65. The first-order valence-electron chi connectivity index (χ1n) is 6.56. The molecule has 2 aliphatic rings. The van der Waals surface area contributed by atoms with Gasteiger partial charge in [-0.3, -0.25) is 4.79 Å². The molecule has 0 aliphatic heterocycles. The van der Waals surface area contributed by atoms with Gasteiger partial charge >= 0.3 is 0 Å². The van der Waals surface area contributed by atoms with Crippen molar-refractivity contribution < 1.29 is 4.79 Å². The van der Waals surface area contributed by atoms with Gasteiger partial charge in [-0.05, 0) is 43.4 Å². The van der Waals surface area contributed by atoms with Gasteiger partial charge in [0.1, 0.15) is 0 Å². The van der Waals surface area contributed by atoms with Crippen LogP contribution in [0.3, 0.4) is 0 Å². The van der Waals surface area contributed by atoms with E-state index in [1.807, 2.05) is 0 Å². The standard InChI is InChI=1S/C13H22BrNO/c1-9(14)4-5-15-13(16)8-12-7-10-2-3-11(12)6-10/h9-12H,2-8H2,1H3,(H,15,16). The van der Waals surface area contributed by atoms with E-state index in [1.54, 1.807) is 0 Å². The fourth-order valence-corrected chi connectivity index (χ4v) is 3.58. The number of carbonyl (C=O) groups excluding carboxylic acids is 1. The number of amides is 1. The van der Waals surface area contributed by atoms with Crippen molar-refractivity contribution in [3.8, 4) is 0 Å². The lowest BCUT2D eigenvalue weighted by Crippen LogP contribution is -2.28. The van der Waals surface area contributed by atoms with Crippen molar-refractivity contribution in [2.75, 3.05) is 6.54 Å². The molecule has 2 aliphatic carbocycles. The summed E-state index contributed by atoms with van der Waals surface area (Å²) in [5, 5.41) is 3.03. The minimum atomic E-state index is 0.269. The maximum absolute atomic E-state index is 11.7. The number of hydrogen-bond acceptors (Lipinski definition) is 1. The highest BCUT2D eigenvalue weighted by Gasteiger charge is 2.39. The number of nitrogens with one attached hydrogen (secondary N) is 1. The van der Waals surface area contributed by atoms with Crippen molar-refractivity contribution in [1.82, 2.24) is 5.32 Å². The molecule has 2 nitrogen and oxygen atoms in total. The molecule has 0 saturated heterocycles. The van der Waals surface area contributed by atoms with Gasteiger partial charge in [-0.1, -0.05) is 29.3 Å². The predicted octanol–water partition coefficient (Wildman–Crippen LogP) is 3.10. The molecule has 0 aromatic heterocycles. The van der Waals surface area contributed by atoms with Crippen LogP contribution in [0, 0.1) is 17.8 Å². The largest absolute Gasteiger partial charge is 0.356 e. The van der Waals surface area contributed by atoms with Gasteiger partial charge in [0.25, 0.3) is 0 Å². The molecule has 2 saturated carbocycles. The van der Waals surface area contributed by atoms with E-state index in [0.29, 0.717) is 10.7 Å². The Morgan fingerprint density at radius 3 is 2.81 bits per heavy atom. The number of alkyl halides is 1. The Balaban J connectivity index is 1.64. The van der Waals surface area contributed by atoms with Crippen molar-refractivity contribution in [2.45, 2.75) is 50.3 Å². The normalized spacial score (nSPS) is 34.0. The molecular weight excluding hydrogens is 266 g/mol. The highest BCUT2D eigenvalue weighted by Crippen LogP contribution is 2.49. The molecular formula is C13H22BrNO. The van der Waals surface area contributed by atoms with Gasteiger partial charge in [-0.25, -0.2) is 0 Å². The van der Waals surface area contributed by atoms with Crippen LogP contribution in [0.4, 0.5) is 0 Å². The third kappa shape index (κ3) is 3.22. The maximum Gasteiger partial charge on any atom is 0.220 e. The first kappa shape index (κ1) is 12.4. The molecule has 3 heteroatoms. The van der Waals surface area contributed by atoms with Crippen LogP contribution < -0.4 is 5.32 Å². The lowest BCUT2D eigenvalue weighted by atomic mass is 9.86. The monoisotopic (exact) mass is 287 g/mol. The van der Waals surface area contributed by atoms with Gasteiger partial charge in [0.05, 0.1) is 0 Å². The quantitative estimate of drug-likeness (QED) is 0.774. The molecule has 4 unspecified atom stereocenters. The zero-order valence-electron chi connectivity index (χ0n) is 10.0. The van der Waals surface area contributed by atoms with Crippen LogP contribution in [-0.4, -0.2) is 17.3 Å². The number of rotatable bonds is 5. The van der Waals surface area contributed by atoms with Gasteiger partial charge in [0.15, 0.2) is 0 Å². The van der Waals surface area contributed by atoms with Gasteiger partial charge in [-0.15, -0.1) is 0 Å². The summed E-state index contributed by atoms with van der Waals surface area (Å²) in [6.07, 6.45) is 7.30. The van der Waals surface area contributed by atoms with E-state index in [9.17, 15) is 4.79 Å². The summed E-state index contributed by atoms with van der Waals surface area (Å²) in [4.78, 5) is 12.2. The molecule has 2 bridgehead atoms. The van der Waals surface area contributed by atoms with Crippen molar-refractivity contribution in [2.24, 2.45) is 17.8 Å². The molecule has 0 spiro atoms. The SMILES string of the molecule is CC(Br)CCNC(=O)CC1CC2CCC1C2. The first-order chi connectivity index (χ1) is 7.65. The molecule has 1 N–H and O–H groups in total. The van der Waals surface area contributed by atoms with E-state index >= 15 is 0 Å². The van der Waals surface area contributed by atoms with E-state index in [2.05, 4.69) is 28.2 Å². The Kier molecular flexibility index (Phi) is 4.28. The van der Waals surface area contributed by atoms with Crippen LogP contribution in [-0.2, 0) is 4.79 Å². The van der Waals surface area contributed by atoms with Crippen molar-refractivity contribution in [1.29, 1.82) is 0 Å². The number of carbonyl (C=O) groups is 1. The van der Waals surface area contributed by atoms with Crippen molar-refractivity contribution in [3.63, 3.8) is 0 Å². The molecule has 0 aromatic rings. The molecule has 2 rings (SSSR count). The summed E-state index contributed by atoms with van der Waals surface area (Å²) >= 11 is 3.49. The summed E-state index contributed by atoms with van der Waals surface area (Å²) in [5.41, 5.74) is 0. The van der Waals surface area contributed by atoms with E-state index in [-0.39, 0.29) is 5.91 Å². The topological polar surface area (TPSA) is 29.1 Å². The fourth-order valence-electron chi connectivity index (χ4n) is 3.35. The molecule has 0 heterocycles. The summed E-state index contributed by atoms with van der Waals surface area (Å²) in [7, 11) is 0. The van der Waals surface area contributed by atoms with E-state index in [0.717, 1.165) is 31.2 Å². The molecule has 0 radical (unpaired) electrons. The number of hydrogen-bond donors (Lipinski definition) is 1. The number of halogens is 1. The van der Waals surface area contributed by atoms with Gasteiger partial charge in [0.2, 0.25) is 5.91 Å². The van der Waals surface area contributed by atoms with E-state index in [1.165, 1.54) is 25.7 Å². The predicted molar refractivity (Wildman–Crippen MR) is 69.6 cm³/mol. The Labute approximate surface area is 107 Å². The first-order valence-corrected chi connectivity index (χ1v) is 7.47. The van der Waals surface area contributed by atoms with E-state index < -0.39 is 0 Å². The molecule has 2 fully saturated rings. The lowest BCUT2D eigenvalue weighted by Gasteiger charge is -2.20. The van der Waals surface area contributed by atoms with Crippen LogP contribution in [0.15, 0.2) is 0 Å². The van der Waals surface area contributed by atoms with Crippen LogP contribution in [0.2, 0.25) is 0 Å². The average molecular weight is 288 g/mol. The second-order valence-corrected chi connectivity index (χ2v) is 7.12. The maximum atomic E-state index is 11.7. The van der Waals surface area contributed by atoms with E-state index in [4.69, 9.17) is 0 Å². The molecule has 4 atom stereocenters. The second kappa shape index (κ2) is 5.52. The van der Waals surface area contributed by atoms with Crippen LogP contribution in [0.1, 0.15) is 45.4 Å². The van der Waals surface area contributed by atoms with Crippen LogP contribution >= 0.6 is 15.9 Å². The zero-order chi connectivity index (χ0) is 11.5. The van der Waals surface area contributed by atoms with Crippen molar-refractivity contribution in [3.05, 3.63) is 0 Å². The lowest BCUT2D eigenvalue weighted by molar-refractivity contribution is -0.122. The Hall–Kier alpha value is -0.0500. The highest BCUT2D eigenvalue weighted by atomic mass is 79.9. The molecule has 1 amide bonds. The van der Waals surface area contributed by atoms with Crippen LogP contribution in [0.5, 0.6) is 0 Å². The number of fused-ring (bicyclic) bond motifs is 2. The van der Waals surface area contributed by atoms with Crippen molar-refractivity contribution >= 4 is 21.8 Å².